The third kappa shape index (κ3) is 5.07. The van der Waals surface area contributed by atoms with Crippen LogP contribution in [0, 0.1) is 11.5 Å². The Morgan fingerprint density at radius 3 is 2.67 bits per heavy atom. The summed E-state index contributed by atoms with van der Waals surface area (Å²) in [6, 6.07) is 6.69. The van der Waals surface area contributed by atoms with E-state index < -0.39 is 10.0 Å². The summed E-state index contributed by atoms with van der Waals surface area (Å²) < 4.78 is 24.5. The lowest BCUT2D eigenvalue weighted by atomic mass is 10.3. The molecule has 1 aromatic rings. The van der Waals surface area contributed by atoms with Gasteiger partial charge >= 0.3 is 0 Å². The number of anilines is 2. The Balaban J connectivity index is 2.90. The molecule has 0 bridgehead atoms. The van der Waals surface area contributed by atoms with Gasteiger partial charge < -0.3 is 5.32 Å². The van der Waals surface area contributed by atoms with Crippen molar-refractivity contribution in [1.29, 1.82) is 5.26 Å². The summed E-state index contributed by atoms with van der Waals surface area (Å²) in [5.41, 5.74) is 1.09. The summed E-state index contributed by atoms with van der Waals surface area (Å²) in [5, 5.41) is 11.8. The first-order valence-electron chi connectivity index (χ1n) is 4.80. The average molecular weight is 284 g/mol. The number of aliphatic imine (C=N–C) groups is 1. The van der Waals surface area contributed by atoms with Gasteiger partial charge in [-0.1, -0.05) is 17.8 Å². The lowest BCUT2D eigenvalue weighted by Crippen LogP contribution is -2.10. The maximum absolute atomic E-state index is 11.1. The summed E-state index contributed by atoms with van der Waals surface area (Å²) >= 11 is 1.29. The van der Waals surface area contributed by atoms with E-state index in [1.165, 1.54) is 11.8 Å². The van der Waals surface area contributed by atoms with Crippen molar-refractivity contribution in [3.05, 3.63) is 24.3 Å². The number of hydrogen-bond acceptors (Lipinski definition) is 5. The monoisotopic (exact) mass is 284 g/mol. The third-order valence-corrected chi connectivity index (χ3v) is 2.95. The predicted octanol–water partition coefficient (Wildman–Crippen LogP) is 1.67. The second kappa shape index (κ2) is 6.28. The number of nitrogens with one attached hydrogen (secondary N) is 2. The van der Waals surface area contributed by atoms with Gasteiger partial charge in [-0.15, -0.1) is 4.99 Å². The minimum absolute atomic E-state index is 0.439. The van der Waals surface area contributed by atoms with Crippen molar-refractivity contribution >= 4 is 38.3 Å². The number of nitrogens with zero attached hydrogens (tertiary/aromatic N) is 2. The lowest BCUT2D eigenvalue weighted by Gasteiger charge is -2.08. The highest BCUT2D eigenvalue weighted by atomic mass is 32.2. The van der Waals surface area contributed by atoms with Gasteiger partial charge in [0, 0.05) is 5.69 Å². The molecule has 0 fully saturated rings. The molecule has 0 atom stereocenters. The molecule has 1 rings (SSSR count). The Morgan fingerprint density at radius 2 is 2.11 bits per heavy atom. The van der Waals surface area contributed by atoms with Crippen LogP contribution in [0.25, 0.3) is 0 Å². The quantitative estimate of drug-likeness (QED) is 0.500. The highest BCUT2D eigenvalue weighted by Crippen LogP contribution is 2.17. The van der Waals surface area contributed by atoms with E-state index in [4.69, 9.17) is 5.26 Å². The van der Waals surface area contributed by atoms with Crippen molar-refractivity contribution in [3.8, 4) is 6.19 Å². The van der Waals surface area contributed by atoms with Crippen LogP contribution in [-0.4, -0.2) is 26.1 Å². The molecule has 0 aliphatic heterocycles. The lowest BCUT2D eigenvalue weighted by molar-refractivity contribution is 0.607. The zero-order chi connectivity index (χ0) is 13.6. The highest BCUT2D eigenvalue weighted by molar-refractivity contribution is 8.13. The molecule has 0 aliphatic carbocycles. The summed E-state index contributed by atoms with van der Waals surface area (Å²) in [6.07, 6.45) is 4.55. The van der Waals surface area contributed by atoms with Crippen LogP contribution in [0.4, 0.5) is 11.4 Å². The van der Waals surface area contributed by atoms with Crippen molar-refractivity contribution in [1.82, 2.24) is 0 Å². The van der Waals surface area contributed by atoms with Crippen LogP contribution in [0.2, 0.25) is 0 Å². The van der Waals surface area contributed by atoms with Crippen LogP contribution in [0.15, 0.2) is 29.3 Å². The molecule has 0 amide bonds. The largest absolute Gasteiger partial charge is 0.334 e. The number of amidine groups is 1. The molecule has 0 saturated carbocycles. The summed E-state index contributed by atoms with van der Waals surface area (Å²) in [6.45, 7) is 0. The smallest absolute Gasteiger partial charge is 0.229 e. The number of nitriles is 1. The van der Waals surface area contributed by atoms with Crippen molar-refractivity contribution in [2.45, 2.75) is 0 Å². The maximum Gasteiger partial charge on any atom is 0.229 e. The maximum atomic E-state index is 11.1. The number of thioether (sulfide) groups is 1. The molecule has 6 nitrogen and oxygen atoms in total. The topological polar surface area (TPSA) is 94.3 Å². The van der Waals surface area contributed by atoms with Crippen LogP contribution in [0.1, 0.15) is 0 Å². The fraction of sp³-hybridized carbons (Fsp3) is 0.200. The molecule has 0 aromatic heterocycles. The molecule has 0 heterocycles. The Labute approximate surface area is 110 Å². The van der Waals surface area contributed by atoms with Gasteiger partial charge in [-0.3, -0.25) is 4.72 Å². The molecule has 0 unspecified atom stereocenters. The molecule has 1 aromatic carbocycles. The van der Waals surface area contributed by atoms with Gasteiger partial charge in [-0.25, -0.2) is 8.42 Å². The minimum atomic E-state index is -3.30. The second-order valence-corrected chi connectivity index (χ2v) is 5.84. The van der Waals surface area contributed by atoms with Crippen LogP contribution < -0.4 is 10.0 Å². The van der Waals surface area contributed by atoms with Gasteiger partial charge in [0.2, 0.25) is 16.2 Å². The van der Waals surface area contributed by atoms with Crippen molar-refractivity contribution in [2.75, 3.05) is 22.6 Å². The van der Waals surface area contributed by atoms with Gasteiger partial charge in [0.05, 0.1) is 11.9 Å². The van der Waals surface area contributed by atoms with E-state index in [0.29, 0.717) is 16.5 Å². The number of rotatable bonds is 3. The normalized spacial score (nSPS) is 11.7. The Bertz CT molecular complexity index is 590. The Hall–Kier alpha value is -1.72. The average Bonchev–Trinajstić information content (AvgIpc) is 2.26. The van der Waals surface area contributed by atoms with E-state index in [0.717, 1.165) is 6.26 Å². The Morgan fingerprint density at radius 1 is 1.44 bits per heavy atom. The number of sulfonamides is 1. The standard InChI is InChI=1S/C10H12N4O2S2/c1-17-10(12-7-11)13-8-4-3-5-9(6-8)14-18(2,15)16/h3-6,14H,1-2H3,(H,12,13). The fourth-order valence-corrected chi connectivity index (χ4v) is 2.08. The molecule has 0 spiro atoms. The molecule has 18 heavy (non-hydrogen) atoms. The first-order chi connectivity index (χ1) is 8.44. The van der Waals surface area contributed by atoms with Crippen molar-refractivity contribution in [2.24, 2.45) is 4.99 Å². The Kier molecular flexibility index (Phi) is 5.00. The van der Waals surface area contributed by atoms with Crippen LogP contribution in [0.5, 0.6) is 0 Å². The van der Waals surface area contributed by atoms with Gasteiger partial charge in [0.15, 0.2) is 5.17 Å². The minimum Gasteiger partial charge on any atom is -0.334 e. The van der Waals surface area contributed by atoms with Gasteiger partial charge in [-0.2, -0.15) is 5.26 Å². The predicted molar refractivity (Wildman–Crippen MR) is 75.1 cm³/mol. The number of hydrogen-bond donors (Lipinski definition) is 2. The van der Waals surface area contributed by atoms with Crippen molar-refractivity contribution in [3.63, 3.8) is 0 Å². The van der Waals surface area contributed by atoms with Crippen LogP contribution in [-0.2, 0) is 10.0 Å². The number of benzene rings is 1. The van der Waals surface area contributed by atoms with Crippen LogP contribution in [0.3, 0.4) is 0 Å². The molecule has 0 aliphatic rings. The highest BCUT2D eigenvalue weighted by Gasteiger charge is 2.03. The van der Waals surface area contributed by atoms with Crippen LogP contribution >= 0.6 is 11.8 Å². The fourth-order valence-electron chi connectivity index (χ4n) is 1.17. The summed E-state index contributed by atoms with van der Waals surface area (Å²) in [5.74, 6) is 0. The third-order valence-electron chi connectivity index (χ3n) is 1.76. The zero-order valence-corrected chi connectivity index (χ0v) is 11.5. The first-order valence-corrected chi connectivity index (χ1v) is 7.92. The molecule has 96 valence electrons. The molecule has 0 saturated heterocycles. The molecular formula is C10H12N4O2S2. The molecule has 0 radical (unpaired) electrons. The van der Waals surface area contributed by atoms with E-state index in [1.807, 2.05) is 0 Å². The van der Waals surface area contributed by atoms with E-state index >= 15 is 0 Å². The zero-order valence-electron chi connectivity index (χ0n) is 9.84. The van der Waals surface area contributed by atoms with Crippen molar-refractivity contribution < 1.29 is 8.42 Å². The summed E-state index contributed by atoms with van der Waals surface area (Å²) in [4.78, 5) is 3.58. The second-order valence-electron chi connectivity index (χ2n) is 3.30. The first kappa shape index (κ1) is 14.3. The van der Waals surface area contributed by atoms with E-state index in [9.17, 15) is 8.42 Å². The SMILES string of the molecule is CS/C(=N\C#N)Nc1cccc(NS(C)(=O)=O)c1. The van der Waals surface area contributed by atoms with E-state index in [1.54, 1.807) is 36.7 Å². The molecule has 8 heteroatoms. The van der Waals surface area contributed by atoms with Gasteiger partial charge in [-0.05, 0) is 24.5 Å². The molecule has 2 N–H and O–H groups in total. The van der Waals surface area contributed by atoms with Gasteiger partial charge in [0.1, 0.15) is 0 Å². The van der Waals surface area contributed by atoms with E-state index in [2.05, 4.69) is 15.0 Å². The summed E-state index contributed by atoms with van der Waals surface area (Å²) in [7, 11) is -3.30. The van der Waals surface area contributed by atoms with E-state index in [-0.39, 0.29) is 0 Å². The van der Waals surface area contributed by atoms with Gasteiger partial charge in [0.25, 0.3) is 0 Å². The molecular weight excluding hydrogens is 272 g/mol.